The van der Waals surface area contributed by atoms with Gasteiger partial charge in [-0.3, -0.25) is 0 Å². The number of nitrogens with one attached hydrogen (secondary N) is 2. The molecule has 0 unspecified atom stereocenters. The maximum absolute atomic E-state index is 12.3. The summed E-state index contributed by atoms with van der Waals surface area (Å²) in [6.45, 7) is 3.21. The lowest BCUT2D eigenvalue weighted by Gasteiger charge is -2.27. The van der Waals surface area contributed by atoms with Gasteiger partial charge in [0.15, 0.2) is 11.5 Å². The Morgan fingerprint density at radius 3 is 2.70 bits per heavy atom. The molecular weight excluding hydrogens is 356 g/mol. The quantitative estimate of drug-likeness (QED) is 0.734. The smallest absolute Gasteiger partial charge is 0.351 e. The summed E-state index contributed by atoms with van der Waals surface area (Å²) in [5, 5.41) is 5.06. The highest BCUT2D eigenvalue weighted by Crippen LogP contribution is 2.31. The predicted molar refractivity (Wildman–Crippen MR) is 92.1 cm³/mol. The van der Waals surface area contributed by atoms with Crippen molar-refractivity contribution in [1.29, 1.82) is 0 Å². The van der Waals surface area contributed by atoms with E-state index in [9.17, 15) is 14.4 Å². The van der Waals surface area contributed by atoms with Crippen LogP contribution in [-0.4, -0.2) is 49.9 Å². The number of para-hydroxylation sites is 2. The molecule has 0 spiro atoms. The van der Waals surface area contributed by atoms with Gasteiger partial charge in [0, 0.05) is 0 Å². The Hall–Kier alpha value is -3.23. The maximum Gasteiger partial charge on any atom is 0.351 e. The Bertz CT molecular complexity index is 790. The molecule has 2 amide bonds. The molecule has 27 heavy (non-hydrogen) atoms. The topological polar surface area (TPSA) is 112 Å². The van der Waals surface area contributed by atoms with Gasteiger partial charge in [0.05, 0.1) is 23.9 Å². The summed E-state index contributed by atoms with van der Waals surface area (Å²) in [6.07, 6.45) is -0.943. The van der Waals surface area contributed by atoms with Gasteiger partial charge in [0.1, 0.15) is 13.2 Å². The third-order valence-electron chi connectivity index (χ3n) is 4.00. The zero-order valence-electron chi connectivity index (χ0n) is 14.9. The lowest BCUT2D eigenvalue weighted by Crippen LogP contribution is -2.50. The van der Waals surface area contributed by atoms with Crippen LogP contribution < -0.4 is 20.1 Å². The fourth-order valence-electron chi connectivity index (χ4n) is 2.77. The van der Waals surface area contributed by atoms with Crippen LogP contribution in [0.3, 0.4) is 0 Å². The minimum absolute atomic E-state index is 0.00391. The second kappa shape index (κ2) is 7.98. The number of benzene rings is 1. The van der Waals surface area contributed by atoms with Crippen molar-refractivity contribution in [1.82, 2.24) is 10.6 Å². The fourth-order valence-corrected chi connectivity index (χ4v) is 2.77. The Labute approximate surface area is 155 Å². The average molecular weight is 376 g/mol. The van der Waals surface area contributed by atoms with Gasteiger partial charge in [-0.05, 0) is 26.0 Å². The summed E-state index contributed by atoms with van der Waals surface area (Å²) in [6, 6.07) is 5.91. The van der Waals surface area contributed by atoms with Crippen molar-refractivity contribution in [3.8, 4) is 11.5 Å². The van der Waals surface area contributed by atoms with Gasteiger partial charge in [-0.2, -0.15) is 0 Å². The van der Waals surface area contributed by atoms with E-state index in [4.69, 9.17) is 18.9 Å². The summed E-state index contributed by atoms with van der Waals surface area (Å²) < 4.78 is 21.3. The highest BCUT2D eigenvalue weighted by molar-refractivity contribution is 5.94. The van der Waals surface area contributed by atoms with Crippen LogP contribution in [0.1, 0.15) is 13.8 Å². The second-order valence-corrected chi connectivity index (χ2v) is 5.90. The van der Waals surface area contributed by atoms with E-state index in [1.807, 2.05) is 0 Å². The van der Waals surface area contributed by atoms with Crippen molar-refractivity contribution in [2.24, 2.45) is 0 Å². The third-order valence-corrected chi connectivity index (χ3v) is 4.00. The summed E-state index contributed by atoms with van der Waals surface area (Å²) in [5.41, 5.74) is 0.380. The minimum atomic E-state index is -0.943. The minimum Gasteiger partial charge on any atom is -0.485 e. The molecule has 0 saturated carbocycles. The molecule has 2 aliphatic rings. The van der Waals surface area contributed by atoms with Gasteiger partial charge in [-0.15, -0.1) is 0 Å². The first-order valence-electron chi connectivity index (χ1n) is 8.52. The van der Waals surface area contributed by atoms with E-state index in [0.717, 1.165) is 0 Å². The van der Waals surface area contributed by atoms with Gasteiger partial charge in [0.2, 0.25) is 6.10 Å². The first kappa shape index (κ1) is 18.6. The van der Waals surface area contributed by atoms with Crippen molar-refractivity contribution in [3.05, 3.63) is 35.5 Å². The largest absolute Gasteiger partial charge is 0.485 e. The molecule has 0 saturated heterocycles. The van der Waals surface area contributed by atoms with E-state index in [1.165, 1.54) is 0 Å². The average Bonchev–Trinajstić information content (AvgIpc) is 2.65. The molecule has 1 aromatic rings. The van der Waals surface area contributed by atoms with E-state index < -0.39 is 30.1 Å². The number of amides is 2. The first-order chi connectivity index (χ1) is 13.0. The molecule has 0 fully saturated rings. The number of urea groups is 1. The zero-order chi connectivity index (χ0) is 19.4. The van der Waals surface area contributed by atoms with Crippen LogP contribution >= 0.6 is 0 Å². The third kappa shape index (κ3) is 4.13. The molecule has 1 aromatic carbocycles. The molecule has 0 radical (unpaired) electrons. The van der Waals surface area contributed by atoms with Gasteiger partial charge >= 0.3 is 18.0 Å². The molecule has 2 aliphatic heterocycles. The number of carbonyl (C=O) groups excluding carboxylic acids is 3. The van der Waals surface area contributed by atoms with Gasteiger partial charge in [-0.25, -0.2) is 14.4 Å². The van der Waals surface area contributed by atoms with Crippen molar-refractivity contribution in [3.63, 3.8) is 0 Å². The SMILES string of the molecule is CCOC(=O)C1=C(COC(=O)[C@H]2COc3ccccc3O2)NC(=O)N[C@H]1C. The van der Waals surface area contributed by atoms with Crippen LogP contribution in [0, 0.1) is 0 Å². The van der Waals surface area contributed by atoms with Crippen LogP contribution in [0.25, 0.3) is 0 Å². The molecule has 0 bridgehead atoms. The fraction of sp³-hybridized carbons (Fsp3) is 0.389. The number of ether oxygens (including phenoxy) is 4. The van der Waals surface area contributed by atoms with Crippen LogP contribution in [0.2, 0.25) is 0 Å². The number of rotatable bonds is 5. The van der Waals surface area contributed by atoms with Crippen LogP contribution in [-0.2, 0) is 19.1 Å². The Kier molecular flexibility index (Phi) is 5.49. The van der Waals surface area contributed by atoms with E-state index >= 15 is 0 Å². The predicted octanol–water partition coefficient (Wildman–Crippen LogP) is 0.888. The molecule has 144 valence electrons. The number of hydrogen-bond donors (Lipinski definition) is 2. The van der Waals surface area contributed by atoms with Gasteiger partial charge < -0.3 is 29.6 Å². The van der Waals surface area contributed by atoms with Crippen molar-refractivity contribution in [2.75, 3.05) is 19.8 Å². The summed E-state index contributed by atoms with van der Waals surface area (Å²) in [4.78, 5) is 36.2. The molecule has 3 rings (SSSR count). The molecule has 2 heterocycles. The number of fused-ring (bicyclic) bond motifs is 1. The van der Waals surface area contributed by atoms with Crippen LogP contribution in [0.4, 0.5) is 4.79 Å². The van der Waals surface area contributed by atoms with Crippen LogP contribution in [0.15, 0.2) is 35.5 Å². The molecule has 0 aliphatic carbocycles. The van der Waals surface area contributed by atoms with Crippen LogP contribution in [0.5, 0.6) is 11.5 Å². The molecule has 9 nitrogen and oxygen atoms in total. The molecule has 9 heteroatoms. The monoisotopic (exact) mass is 376 g/mol. The lowest BCUT2D eigenvalue weighted by molar-refractivity contribution is -0.153. The standard InChI is InChI=1S/C18H20N2O7/c1-3-24-17(22)15-10(2)19-18(23)20-11(15)8-26-16(21)14-9-25-12-6-4-5-7-13(12)27-14/h4-7,10,14H,3,8-9H2,1-2H3,(H2,19,20,23)/t10-,14+/m0/s1. The number of hydrogen-bond acceptors (Lipinski definition) is 7. The Morgan fingerprint density at radius 1 is 1.22 bits per heavy atom. The van der Waals surface area contributed by atoms with Crippen molar-refractivity contribution in [2.45, 2.75) is 26.0 Å². The van der Waals surface area contributed by atoms with Gasteiger partial charge in [-0.1, -0.05) is 12.1 Å². The number of carbonyl (C=O) groups is 3. The number of esters is 2. The highest BCUT2D eigenvalue weighted by Gasteiger charge is 2.32. The summed E-state index contributed by atoms with van der Waals surface area (Å²) in [7, 11) is 0. The Balaban J connectivity index is 1.68. The summed E-state index contributed by atoms with van der Waals surface area (Å²) in [5.74, 6) is -0.260. The van der Waals surface area contributed by atoms with E-state index in [1.54, 1.807) is 38.1 Å². The molecule has 0 aromatic heterocycles. The first-order valence-corrected chi connectivity index (χ1v) is 8.52. The maximum atomic E-state index is 12.3. The Morgan fingerprint density at radius 2 is 1.96 bits per heavy atom. The second-order valence-electron chi connectivity index (χ2n) is 5.90. The highest BCUT2D eigenvalue weighted by atomic mass is 16.6. The van der Waals surface area contributed by atoms with Gasteiger partial charge in [0.25, 0.3) is 0 Å². The molecule has 2 N–H and O–H groups in total. The normalized spacial score (nSPS) is 21.0. The molecular formula is C18H20N2O7. The van der Waals surface area contributed by atoms with E-state index in [-0.39, 0.29) is 31.1 Å². The zero-order valence-corrected chi connectivity index (χ0v) is 14.9. The van der Waals surface area contributed by atoms with Crippen molar-refractivity contribution < 1.29 is 33.3 Å². The summed E-state index contributed by atoms with van der Waals surface area (Å²) >= 11 is 0. The molecule has 2 atom stereocenters. The van der Waals surface area contributed by atoms with E-state index in [0.29, 0.717) is 11.5 Å². The van der Waals surface area contributed by atoms with Crippen molar-refractivity contribution >= 4 is 18.0 Å². The lowest BCUT2D eigenvalue weighted by atomic mass is 10.0. The van der Waals surface area contributed by atoms with E-state index in [2.05, 4.69) is 10.6 Å².